The molecule has 0 atom stereocenters. The van der Waals surface area contributed by atoms with Gasteiger partial charge in [-0.15, -0.1) is 5.10 Å². The topological polar surface area (TPSA) is 89.6 Å². The first-order valence-corrected chi connectivity index (χ1v) is 7.30. The number of halogens is 5. The molecular formula is C12H5BrClF3N6O. The van der Waals surface area contributed by atoms with E-state index in [0.29, 0.717) is 6.20 Å². The van der Waals surface area contributed by atoms with Crippen molar-refractivity contribution in [3.05, 3.63) is 40.0 Å². The molecule has 3 aromatic rings. The standard InChI is InChI=1S/C12H5BrClF3N6O/c13-8-9(19-4-20-11(8)24)6-1-5(14)2-18-10(6)23-3-7(21-22-23)12(15,16)17/h1-4H,(H,19,20,24). The zero-order valence-corrected chi connectivity index (χ0v) is 13.7. The molecular weight excluding hydrogens is 417 g/mol. The third-order valence-electron chi connectivity index (χ3n) is 2.86. The summed E-state index contributed by atoms with van der Waals surface area (Å²) in [6.45, 7) is 0. The summed E-state index contributed by atoms with van der Waals surface area (Å²) in [4.78, 5) is 11.6. The van der Waals surface area contributed by atoms with E-state index in [4.69, 9.17) is 11.6 Å². The number of aromatic nitrogens is 6. The Morgan fingerprint density at radius 1 is 1.21 bits per heavy atom. The van der Waals surface area contributed by atoms with Gasteiger partial charge in [0, 0.05) is 11.8 Å². The molecule has 12 heteroatoms. The molecule has 0 aliphatic heterocycles. The predicted molar refractivity (Wildman–Crippen MR) is 79.6 cm³/mol. The first-order valence-electron chi connectivity index (χ1n) is 6.12. The average molecular weight is 422 g/mol. The van der Waals surface area contributed by atoms with E-state index in [0.717, 1.165) is 11.0 Å². The second-order valence-electron chi connectivity index (χ2n) is 4.43. The zero-order chi connectivity index (χ0) is 17.5. The van der Waals surface area contributed by atoms with E-state index in [2.05, 4.69) is 41.2 Å². The van der Waals surface area contributed by atoms with Crippen molar-refractivity contribution >= 4 is 27.5 Å². The maximum atomic E-state index is 12.7. The summed E-state index contributed by atoms with van der Waals surface area (Å²) in [5, 5.41) is 16.4. The lowest BCUT2D eigenvalue weighted by Crippen LogP contribution is -2.05. The van der Waals surface area contributed by atoms with Crippen LogP contribution in [0.15, 0.2) is 29.3 Å². The first-order chi connectivity index (χ1) is 11.3. The summed E-state index contributed by atoms with van der Waals surface area (Å²) in [7, 11) is 0. The molecule has 0 aliphatic rings. The Labute approximate surface area is 145 Å². The van der Waals surface area contributed by atoms with Crippen LogP contribution < -0.4 is 0 Å². The van der Waals surface area contributed by atoms with Crippen molar-refractivity contribution in [1.82, 2.24) is 29.9 Å². The quantitative estimate of drug-likeness (QED) is 0.683. The van der Waals surface area contributed by atoms with Crippen molar-refractivity contribution in [3.63, 3.8) is 0 Å². The summed E-state index contributed by atoms with van der Waals surface area (Å²) in [6.07, 6.45) is -1.62. The molecule has 7 nitrogen and oxygen atoms in total. The fourth-order valence-corrected chi connectivity index (χ4v) is 2.41. The lowest BCUT2D eigenvalue weighted by Gasteiger charge is -2.09. The molecule has 0 saturated heterocycles. The lowest BCUT2D eigenvalue weighted by molar-refractivity contribution is -0.141. The molecule has 0 amide bonds. The predicted octanol–water partition coefficient (Wildman–Crippen LogP) is 3.26. The monoisotopic (exact) mass is 420 g/mol. The van der Waals surface area contributed by atoms with Gasteiger partial charge in [0.2, 0.25) is 5.88 Å². The average Bonchev–Trinajstić information content (AvgIpc) is 3.00. The van der Waals surface area contributed by atoms with Gasteiger partial charge >= 0.3 is 6.18 Å². The van der Waals surface area contributed by atoms with E-state index in [1.807, 2.05) is 0 Å². The lowest BCUT2D eigenvalue weighted by atomic mass is 10.2. The van der Waals surface area contributed by atoms with Crippen LogP contribution in [-0.2, 0) is 6.18 Å². The van der Waals surface area contributed by atoms with Gasteiger partial charge in [-0.25, -0.2) is 19.6 Å². The molecule has 124 valence electrons. The molecule has 0 aromatic carbocycles. The van der Waals surface area contributed by atoms with Gasteiger partial charge < -0.3 is 5.11 Å². The molecule has 0 spiro atoms. The number of aromatic hydroxyl groups is 1. The number of hydrogen-bond acceptors (Lipinski definition) is 6. The second-order valence-corrected chi connectivity index (χ2v) is 5.66. The molecule has 0 saturated carbocycles. The molecule has 0 bridgehead atoms. The van der Waals surface area contributed by atoms with E-state index >= 15 is 0 Å². The van der Waals surface area contributed by atoms with Crippen LogP contribution >= 0.6 is 27.5 Å². The van der Waals surface area contributed by atoms with Crippen LogP contribution in [0, 0.1) is 0 Å². The minimum absolute atomic E-state index is 0.00111. The molecule has 3 heterocycles. The SMILES string of the molecule is Oc1ncnc(-c2cc(Cl)cnc2-n2cc(C(F)(F)F)nn2)c1Br. The molecule has 3 aromatic heterocycles. The maximum Gasteiger partial charge on any atom is 0.436 e. The largest absolute Gasteiger partial charge is 0.492 e. The number of nitrogens with zero attached hydrogens (tertiary/aromatic N) is 6. The Bertz CT molecular complexity index is 916. The first kappa shape index (κ1) is 16.6. The summed E-state index contributed by atoms with van der Waals surface area (Å²) in [5.41, 5.74) is -0.767. The summed E-state index contributed by atoms with van der Waals surface area (Å²) >= 11 is 9.03. The van der Waals surface area contributed by atoms with E-state index in [-0.39, 0.29) is 32.5 Å². The zero-order valence-electron chi connectivity index (χ0n) is 11.3. The number of hydrogen-bond donors (Lipinski definition) is 1. The van der Waals surface area contributed by atoms with Crippen LogP contribution in [0.25, 0.3) is 17.1 Å². The van der Waals surface area contributed by atoms with Crippen molar-refractivity contribution in [3.8, 4) is 23.0 Å². The Morgan fingerprint density at radius 3 is 2.62 bits per heavy atom. The highest BCUT2D eigenvalue weighted by Crippen LogP contribution is 2.35. The molecule has 3 rings (SSSR count). The molecule has 0 fully saturated rings. The highest BCUT2D eigenvalue weighted by molar-refractivity contribution is 9.10. The number of alkyl halides is 3. The molecule has 24 heavy (non-hydrogen) atoms. The van der Waals surface area contributed by atoms with Crippen LogP contribution in [0.2, 0.25) is 5.02 Å². The number of rotatable bonds is 2. The third-order valence-corrected chi connectivity index (χ3v) is 3.80. The fourth-order valence-electron chi connectivity index (χ4n) is 1.83. The fraction of sp³-hybridized carbons (Fsp3) is 0.0833. The highest BCUT2D eigenvalue weighted by Gasteiger charge is 2.35. The van der Waals surface area contributed by atoms with E-state index in [9.17, 15) is 18.3 Å². The van der Waals surface area contributed by atoms with Crippen molar-refractivity contribution in [1.29, 1.82) is 0 Å². The Hall–Kier alpha value is -2.27. The molecule has 0 radical (unpaired) electrons. The molecule has 0 unspecified atom stereocenters. The van der Waals surface area contributed by atoms with Crippen LogP contribution in [0.3, 0.4) is 0 Å². The van der Waals surface area contributed by atoms with Crippen molar-refractivity contribution in [2.75, 3.05) is 0 Å². The van der Waals surface area contributed by atoms with Gasteiger partial charge in [-0.2, -0.15) is 13.2 Å². The minimum Gasteiger partial charge on any atom is -0.492 e. The van der Waals surface area contributed by atoms with Crippen LogP contribution in [0.4, 0.5) is 13.2 Å². The Kier molecular flexibility index (Phi) is 4.13. The van der Waals surface area contributed by atoms with Crippen molar-refractivity contribution in [2.24, 2.45) is 0 Å². The Morgan fingerprint density at radius 2 is 1.96 bits per heavy atom. The second kappa shape index (κ2) is 5.98. The van der Waals surface area contributed by atoms with Gasteiger partial charge in [0.1, 0.15) is 10.8 Å². The van der Waals surface area contributed by atoms with Crippen LogP contribution in [0.1, 0.15) is 5.69 Å². The summed E-state index contributed by atoms with van der Waals surface area (Å²) in [5.74, 6) is -0.346. The Balaban J connectivity index is 2.20. The third kappa shape index (κ3) is 3.04. The smallest absolute Gasteiger partial charge is 0.436 e. The molecule has 0 aliphatic carbocycles. The number of pyridine rings is 1. The minimum atomic E-state index is -4.64. The highest BCUT2D eigenvalue weighted by atomic mass is 79.9. The van der Waals surface area contributed by atoms with E-state index < -0.39 is 11.9 Å². The summed E-state index contributed by atoms with van der Waals surface area (Å²) in [6, 6.07) is 1.42. The van der Waals surface area contributed by atoms with Gasteiger partial charge in [0.15, 0.2) is 11.5 Å². The molecule has 1 N–H and O–H groups in total. The normalized spacial score (nSPS) is 11.7. The van der Waals surface area contributed by atoms with Gasteiger partial charge in [0.25, 0.3) is 0 Å². The van der Waals surface area contributed by atoms with Gasteiger partial charge in [-0.1, -0.05) is 16.8 Å². The van der Waals surface area contributed by atoms with E-state index in [1.54, 1.807) is 0 Å². The van der Waals surface area contributed by atoms with Crippen LogP contribution in [-0.4, -0.2) is 35.1 Å². The van der Waals surface area contributed by atoms with Crippen LogP contribution in [0.5, 0.6) is 5.88 Å². The van der Waals surface area contributed by atoms with E-state index in [1.165, 1.54) is 12.3 Å². The summed E-state index contributed by atoms with van der Waals surface area (Å²) < 4.78 is 39.1. The van der Waals surface area contributed by atoms with Crippen molar-refractivity contribution < 1.29 is 18.3 Å². The maximum absolute atomic E-state index is 12.7. The van der Waals surface area contributed by atoms with Gasteiger partial charge in [-0.3, -0.25) is 0 Å². The van der Waals surface area contributed by atoms with Gasteiger partial charge in [0.05, 0.1) is 16.9 Å². The van der Waals surface area contributed by atoms with Gasteiger partial charge in [-0.05, 0) is 22.0 Å². The van der Waals surface area contributed by atoms with Crippen molar-refractivity contribution in [2.45, 2.75) is 6.18 Å².